The minimum atomic E-state index is -4.23. The van der Waals surface area contributed by atoms with Crippen molar-refractivity contribution in [2.75, 3.05) is 18.0 Å². The Hall–Kier alpha value is -3.07. The molecule has 0 spiro atoms. The fourth-order valence-electron chi connectivity index (χ4n) is 3.89. The molecule has 3 rings (SSSR count). The maximum Gasteiger partial charge on any atom is 0.389 e. The number of pyridine rings is 1. The topological polar surface area (TPSA) is 80.2 Å². The van der Waals surface area contributed by atoms with Crippen molar-refractivity contribution in [3.8, 4) is 11.1 Å². The van der Waals surface area contributed by atoms with E-state index in [0.717, 1.165) is 11.3 Å². The number of anilines is 1. The van der Waals surface area contributed by atoms with Gasteiger partial charge in [0.15, 0.2) is 0 Å². The van der Waals surface area contributed by atoms with Crippen molar-refractivity contribution in [1.82, 2.24) is 10.3 Å². The number of nitrogens with zero attached hydrogens (tertiary/aromatic N) is 2. The van der Waals surface area contributed by atoms with Crippen LogP contribution < -0.4 is 21.7 Å². The van der Waals surface area contributed by atoms with Gasteiger partial charge in [-0.05, 0) is 43.0 Å². The minimum Gasteiger partial charge on any atom is -0.403 e. The van der Waals surface area contributed by atoms with Crippen LogP contribution in [0.5, 0.6) is 0 Å². The van der Waals surface area contributed by atoms with E-state index in [1.54, 1.807) is 29.3 Å². The number of nitrogens with two attached hydrogens (primary N) is 2. The van der Waals surface area contributed by atoms with Crippen LogP contribution in [-0.4, -0.2) is 24.2 Å². The van der Waals surface area contributed by atoms with Crippen LogP contribution in [0.4, 0.5) is 23.2 Å². The molecule has 0 saturated carbocycles. The summed E-state index contributed by atoms with van der Waals surface area (Å²) in [5, 5.41) is 3.10. The van der Waals surface area contributed by atoms with Gasteiger partial charge in [0.25, 0.3) is 0 Å². The van der Waals surface area contributed by atoms with Gasteiger partial charge in [0.2, 0.25) is 0 Å². The van der Waals surface area contributed by atoms with E-state index in [0.29, 0.717) is 41.3 Å². The zero-order valence-corrected chi connectivity index (χ0v) is 17.8. The third-order valence-electron chi connectivity index (χ3n) is 5.43. The molecule has 0 radical (unpaired) electrons. The van der Waals surface area contributed by atoms with Crippen LogP contribution >= 0.6 is 0 Å². The maximum absolute atomic E-state index is 15.0. The highest BCUT2D eigenvalue weighted by Gasteiger charge is 2.37. The number of rotatable bonds is 7. The van der Waals surface area contributed by atoms with E-state index in [2.05, 4.69) is 16.9 Å². The summed E-state index contributed by atoms with van der Waals surface area (Å²) in [7, 11) is 0. The first-order chi connectivity index (χ1) is 15.1. The molecule has 1 aliphatic rings. The van der Waals surface area contributed by atoms with E-state index >= 15 is 0 Å². The number of benzene rings is 1. The molecule has 1 unspecified atom stereocenters. The fourth-order valence-corrected chi connectivity index (χ4v) is 3.89. The molecule has 9 heteroatoms. The second kappa shape index (κ2) is 9.60. The van der Waals surface area contributed by atoms with E-state index < -0.39 is 24.3 Å². The van der Waals surface area contributed by atoms with E-state index in [1.165, 1.54) is 12.3 Å². The number of aryl methyl sites for hydroxylation is 1. The number of aromatic nitrogens is 1. The van der Waals surface area contributed by atoms with E-state index in [-0.39, 0.29) is 13.0 Å². The van der Waals surface area contributed by atoms with Crippen molar-refractivity contribution >= 4 is 5.69 Å². The van der Waals surface area contributed by atoms with Crippen LogP contribution in [0.3, 0.4) is 0 Å². The molecule has 0 aliphatic carbocycles. The van der Waals surface area contributed by atoms with Gasteiger partial charge in [-0.3, -0.25) is 4.98 Å². The largest absolute Gasteiger partial charge is 0.403 e. The summed E-state index contributed by atoms with van der Waals surface area (Å²) >= 11 is 0. The first-order valence-electron chi connectivity index (χ1n) is 10.2. The summed E-state index contributed by atoms with van der Waals surface area (Å²) in [6.07, 6.45) is -1.94. The van der Waals surface area contributed by atoms with Crippen LogP contribution in [0.15, 0.2) is 54.6 Å². The lowest BCUT2D eigenvalue weighted by Crippen LogP contribution is -2.22. The fraction of sp³-hybridized carbons (Fsp3) is 0.348. The molecule has 1 aromatic heterocycles. The van der Waals surface area contributed by atoms with Crippen LogP contribution in [-0.2, 0) is 6.54 Å². The normalized spacial score (nSPS) is 17.3. The monoisotopic (exact) mass is 449 g/mol. The first-order valence-corrected chi connectivity index (χ1v) is 10.2. The van der Waals surface area contributed by atoms with Crippen molar-refractivity contribution < 1.29 is 17.6 Å². The quantitative estimate of drug-likeness (QED) is 0.548. The Morgan fingerprint density at radius 1 is 1.34 bits per heavy atom. The van der Waals surface area contributed by atoms with Crippen LogP contribution in [0.2, 0.25) is 0 Å². The number of hydrogen-bond donors (Lipinski definition) is 3. The molecule has 1 fully saturated rings. The Kier molecular flexibility index (Phi) is 7.08. The van der Waals surface area contributed by atoms with Gasteiger partial charge in [0.05, 0.1) is 5.69 Å². The summed E-state index contributed by atoms with van der Waals surface area (Å²) < 4.78 is 53.3. The number of halogens is 4. The molecule has 5 nitrogen and oxygen atoms in total. The number of alkyl halides is 3. The number of nitrogens with one attached hydrogen (secondary N) is 1. The second-order valence-corrected chi connectivity index (χ2v) is 8.07. The lowest BCUT2D eigenvalue weighted by molar-refractivity contribution is -0.142. The smallest absolute Gasteiger partial charge is 0.389 e. The molecule has 0 amide bonds. The SMILES string of the molecule is C=C1CC(CC(F)(F)F)CN1c1cc(F)c(-c2ccc(CNC/C(N)=C/N)nc2)cc1C. The van der Waals surface area contributed by atoms with Gasteiger partial charge < -0.3 is 21.7 Å². The molecular formula is C23H27F4N5. The molecule has 1 aliphatic heterocycles. The third-order valence-corrected chi connectivity index (χ3v) is 5.43. The Balaban J connectivity index is 1.74. The molecule has 2 heterocycles. The Morgan fingerprint density at radius 3 is 2.72 bits per heavy atom. The summed E-state index contributed by atoms with van der Waals surface area (Å²) in [5.41, 5.74) is 15.1. The zero-order valence-electron chi connectivity index (χ0n) is 17.8. The molecule has 1 atom stereocenters. The summed E-state index contributed by atoms with van der Waals surface area (Å²) in [4.78, 5) is 6.04. The lowest BCUT2D eigenvalue weighted by Gasteiger charge is -2.23. The molecular weight excluding hydrogens is 422 g/mol. The van der Waals surface area contributed by atoms with E-state index in [4.69, 9.17) is 11.5 Å². The lowest BCUT2D eigenvalue weighted by atomic mass is 10.0. The molecule has 5 N–H and O–H groups in total. The molecule has 1 saturated heterocycles. The summed E-state index contributed by atoms with van der Waals surface area (Å²) in [5.74, 6) is -1.04. The van der Waals surface area contributed by atoms with Gasteiger partial charge in [-0.2, -0.15) is 13.2 Å². The first kappa shape index (κ1) is 23.6. The van der Waals surface area contributed by atoms with Crippen molar-refractivity contribution in [2.45, 2.75) is 32.5 Å². The predicted octanol–water partition coefficient (Wildman–Crippen LogP) is 4.34. The average molecular weight is 449 g/mol. The van der Waals surface area contributed by atoms with Crippen LogP contribution in [0, 0.1) is 18.7 Å². The zero-order chi connectivity index (χ0) is 23.5. The van der Waals surface area contributed by atoms with Crippen LogP contribution in [0.25, 0.3) is 11.1 Å². The van der Waals surface area contributed by atoms with Gasteiger partial charge in [-0.15, -0.1) is 0 Å². The molecule has 0 bridgehead atoms. The maximum atomic E-state index is 15.0. The van der Waals surface area contributed by atoms with Crippen molar-refractivity contribution in [3.63, 3.8) is 0 Å². The van der Waals surface area contributed by atoms with Gasteiger partial charge in [0.1, 0.15) is 5.82 Å². The highest BCUT2D eigenvalue weighted by molar-refractivity contribution is 5.70. The molecule has 1 aromatic carbocycles. The average Bonchev–Trinajstić information content (AvgIpc) is 3.07. The third kappa shape index (κ3) is 5.79. The van der Waals surface area contributed by atoms with Crippen molar-refractivity contribution in [3.05, 3.63) is 71.7 Å². The molecule has 2 aromatic rings. The number of allylic oxidation sites excluding steroid dienone is 1. The van der Waals surface area contributed by atoms with Crippen molar-refractivity contribution in [2.24, 2.45) is 17.4 Å². The van der Waals surface area contributed by atoms with E-state index in [1.807, 2.05) is 6.92 Å². The van der Waals surface area contributed by atoms with Gasteiger partial charge in [-0.25, -0.2) is 4.39 Å². The molecule has 172 valence electrons. The minimum absolute atomic E-state index is 0.172. The highest BCUT2D eigenvalue weighted by Crippen LogP contribution is 2.39. The van der Waals surface area contributed by atoms with Crippen molar-refractivity contribution in [1.29, 1.82) is 0 Å². The Labute approximate surface area is 184 Å². The second-order valence-electron chi connectivity index (χ2n) is 8.07. The summed E-state index contributed by atoms with van der Waals surface area (Å²) in [6.45, 7) is 6.79. The van der Waals surface area contributed by atoms with Gasteiger partial charge >= 0.3 is 6.18 Å². The Morgan fingerprint density at radius 2 is 2.09 bits per heavy atom. The van der Waals surface area contributed by atoms with Gasteiger partial charge in [0, 0.05) is 66.7 Å². The Bertz CT molecular complexity index is 999. The standard InChI is InChI=1S/C23H27F4N5/c1-14-5-20(17-3-4-19(31-10-17)12-30-11-18(29)9-28)21(24)7-22(14)32-13-16(6-15(32)2)8-23(25,26)27/h3-5,7,9-10,16,30H,2,6,8,11-13,28-29H2,1H3/b18-9-. The highest BCUT2D eigenvalue weighted by atomic mass is 19.4. The van der Waals surface area contributed by atoms with Gasteiger partial charge in [-0.1, -0.05) is 12.6 Å². The summed E-state index contributed by atoms with van der Waals surface area (Å²) in [6, 6.07) is 6.62. The van der Waals surface area contributed by atoms with E-state index in [9.17, 15) is 17.6 Å². The molecule has 32 heavy (non-hydrogen) atoms. The number of hydrogen-bond acceptors (Lipinski definition) is 5. The van der Waals surface area contributed by atoms with Crippen LogP contribution in [0.1, 0.15) is 24.1 Å². The predicted molar refractivity (Wildman–Crippen MR) is 118 cm³/mol.